The standard InChI is InChI=1S/C13H23N3O4/c1-8-4-2-3-5-9(8)7-15-13(20)16-10(12(18)19)6-11(14)17/h8-10H,2-7H2,1H3,(H2,14,17)(H,18,19)(H2,15,16,20). The number of nitrogens with one attached hydrogen (secondary N) is 2. The van der Waals surface area contributed by atoms with Gasteiger partial charge in [-0.15, -0.1) is 0 Å². The van der Waals surface area contributed by atoms with Gasteiger partial charge in [0, 0.05) is 6.54 Å². The number of urea groups is 1. The van der Waals surface area contributed by atoms with Crippen LogP contribution in [0.2, 0.25) is 0 Å². The maximum atomic E-state index is 11.7. The van der Waals surface area contributed by atoms with Crippen molar-refractivity contribution >= 4 is 17.9 Å². The molecule has 1 saturated carbocycles. The largest absolute Gasteiger partial charge is 0.480 e. The molecule has 0 heterocycles. The molecule has 1 aliphatic rings. The summed E-state index contributed by atoms with van der Waals surface area (Å²) in [6.07, 6.45) is 4.21. The fraction of sp³-hybridized carbons (Fsp3) is 0.769. The van der Waals surface area contributed by atoms with Crippen molar-refractivity contribution in [1.29, 1.82) is 0 Å². The number of aliphatic carboxylic acids is 1. The van der Waals surface area contributed by atoms with E-state index >= 15 is 0 Å². The summed E-state index contributed by atoms with van der Waals surface area (Å²) < 4.78 is 0. The van der Waals surface area contributed by atoms with Crippen LogP contribution in [0.1, 0.15) is 39.0 Å². The highest BCUT2D eigenvalue weighted by Gasteiger charge is 2.24. The monoisotopic (exact) mass is 285 g/mol. The molecule has 0 aromatic rings. The zero-order valence-corrected chi connectivity index (χ0v) is 11.7. The average molecular weight is 285 g/mol. The van der Waals surface area contributed by atoms with Crippen molar-refractivity contribution in [2.24, 2.45) is 17.6 Å². The number of rotatable bonds is 6. The van der Waals surface area contributed by atoms with Crippen LogP contribution in [0.25, 0.3) is 0 Å². The lowest BCUT2D eigenvalue weighted by Crippen LogP contribution is -2.48. The van der Waals surface area contributed by atoms with Crippen LogP contribution in [0, 0.1) is 11.8 Å². The van der Waals surface area contributed by atoms with E-state index in [2.05, 4.69) is 17.6 Å². The molecule has 0 radical (unpaired) electrons. The van der Waals surface area contributed by atoms with Crippen LogP contribution >= 0.6 is 0 Å². The second kappa shape index (κ2) is 7.72. The molecule has 20 heavy (non-hydrogen) atoms. The average Bonchev–Trinajstić information content (AvgIpc) is 2.36. The highest BCUT2D eigenvalue weighted by Crippen LogP contribution is 2.28. The summed E-state index contributed by atoms with van der Waals surface area (Å²) in [4.78, 5) is 33.3. The van der Waals surface area contributed by atoms with Crippen LogP contribution in [-0.2, 0) is 9.59 Å². The number of carboxylic acids is 1. The zero-order valence-electron chi connectivity index (χ0n) is 11.7. The molecule has 0 aliphatic heterocycles. The fourth-order valence-electron chi connectivity index (χ4n) is 2.53. The number of carboxylic acid groups (broad SMARTS) is 1. The zero-order chi connectivity index (χ0) is 15.1. The molecule has 7 nitrogen and oxygen atoms in total. The third kappa shape index (κ3) is 5.46. The molecule has 0 saturated heterocycles. The van der Waals surface area contributed by atoms with Gasteiger partial charge in [0.15, 0.2) is 0 Å². The van der Waals surface area contributed by atoms with E-state index in [-0.39, 0.29) is 0 Å². The van der Waals surface area contributed by atoms with Crippen LogP contribution in [-0.4, -0.2) is 35.6 Å². The number of carbonyl (C=O) groups excluding carboxylic acids is 2. The lowest BCUT2D eigenvalue weighted by molar-refractivity contribution is -0.140. The molecule has 5 N–H and O–H groups in total. The van der Waals surface area contributed by atoms with Crippen molar-refractivity contribution in [2.45, 2.75) is 45.1 Å². The summed E-state index contributed by atoms with van der Waals surface area (Å²) in [6, 6.07) is -1.85. The maximum Gasteiger partial charge on any atom is 0.326 e. The summed E-state index contributed by atoms with van der Waals surface area (Å²) in [7, 11) is 0. The van der Waals surface area contributed by atoms with E-state index in [1.165, 1.54) is 6.42 Å². The Morgan fingerprint density at radius 1 is 1.30 bits per heavy atom. The molecular formula is C13H23N3O4. The number of primary amides is 1. The molecule has 1 aliphatic carbocycles. The van der Waals surface area contributed by atoms with Crippen molar-refractivity contribution in [1.82, 2.24) is 10.6 Å². The van der Waals surface area contributed by atoms with Gasteiger partial charge in [0.05, 0.1) is 6.42 Å². The molecule has 0 bridgehead atoms. The Bertz CT molecular complexity index is 373. The molecule has 7 heteroatoms. The molecule has 3 amide bonds. The molecule has 0 spiro atoms. The minimum Gasteiger partial charge on any atom is -0.480 e. The minimum absolute atomic E-state index is 0.414. The van der Waals surface area contributed by atoms with Gasteiger partial charge >= 0.3 is 12.0 Å². The number of amides is 3. The van der Waals surface area contributed by atoms with Crippen molar-refractivity contribution in [2.75, 3.05) is 6.54 Å². The van der Waals surface area contributed by atoms with E-state index in [0.717, 1.165) is 19.3 Å². The lowest BCUT2D eigenvalue weighted by atomic mass is 9.80. The highest BCUT2D eigenvalue weighted by molar-refractivity contribution is 5.87. The Morgan fingerprint density at radius 2 is 1.95 bits per heavy atom. The molecule has 0 aromatic heterocycles. The third-order valence-corrected chi connectivity index (χ3v) is 3.82. The molecule has 114 valence electrons. The van der Waals surface area contributed by atoms with Crippen LogP contribution < -0.4 is 16.4 Å². The first-order valence-electron chi connectivity index (χ1n) is 6.95. The van der Waals surface area contributed by atoms with E-state index in [1.807, 2.05) is 0 Å². The summed E-state index contributed by atoms with van der Waals surface area (Å²) >= 11 is 0. The first-order chi connectivity index (χ1) is 9.40. The van der Waals surface area contributed by atoms with Gasteiger partial charge in [0.1, 0.15) is 6.04 Å². The van der Waals surface area contributed by atoms with Crippen LogP contribution in [0.3, 0.4) is 0 Å². The molecule has 0 aromatic carbocycles. The molecule has 1 rings (SSSR count). The quantitative estimate of drug-likeness (QED) is 0.565. The van der Waals surface area contributed by atoms with Crippen LogP contribution in [0.15, 0.2) is 0 Å². The highest BCUT2D eigenvalue weighted by atomic mass is 16.4. The van der Waals surface area contributed by atoms with Gasteiger partial charge in [0.2, 0.25) is 5.91 Å². The molecule has 1 fully saturated rings. The van der Waals surface area contributed by atoms with Gasteiger partial charge in [-0.3, -0.25) is 4.79 Å². The Kier molecular flexibility index (Phi) is 6.27. The SMILES string of the molecule is CC1CCCCC1CNC(=O)NC(CC(N)=O)C(=O)O. The van der Waals surface area contributed by atoms with E-state index in [4.69, 9.17) is 10.8 Å². The number of nitrogens with two attached hydrogens (primary N) is 1. The Labute approximate surface area is 118 Å². The summed E-state index contributed by atoms with van der Waals surface area (Å²) in [6.45, 7) is 2.69. The van der Waals surface area contributed by atoms with Gasteiger partial charge in [-0.2, -0.15) is 0 Å². The number of carbonyl (C=O) groups is 3. The van der Waals surface area contributed by atoms with Gasteiger partial charge in [-0.25, -0.2) is 9.59 Å². The van der Waals surface area contributed by atoms with Crippen molar-refractivity contribution < 1.29 is 19.5 Å². The smallest absolute Gasteiger partial charge is 0.326 e. The topological polar surface area (TPSA) is 122 Å². The summed E-state index contributed by atoms with van der Waals surface area (Å²) in [5.41, 5.74) is 4.94. The fourth-order valence-corrected chi connectivity index (χ4v) is 2.53. The second-order valence-corrected chi connectivity index (χ2v) is 5.44. The van der Waals surface area contributed by atoms with Crippen LogP contribution in [0.4, 0.5) is 4.79 Å². The predicted octanol–water partition coefficient (Wildman–Crippen LogP) is 0.441. The molecule has 3 unspecified atom stereocenters. The Balaban J connectivity index is 2.37. The molecular weight excluding hydrogens is 262 g/mol. The second-order valence-electron chi connectivity index (χ2n) is 5.44. The lowest BCUT2D eigenvalue weighted by Gasteiger charge is -2.29. The third-order valence-electron chi connectivity index (χ3n) is 3.82. The number of hydrogen-bond donors (Lipinski definition) is 4. The van der Waals surface area contributed by atoms with E-state index in [0.29, 0.717) is 18.4 Å². The van der Waals surface area contributed by atoms with Gasteiger partial charge in [-0.05, 0) is 18.3 Å². The van der Waals surface area contributed by atoms with Gasteiger partial charge in [0.25, 0.3) is 0 Å². The van der Waals surface area contributed by atoms with E-state index in [9.17, 15) is 14.4 Å². The van der Waals surface area contributed by atoms with Crippen molar-refractivity contribution in [3.05, 3.63) is 0 Å². The Morgan fingerprint density at radius 3 is 2.50 bits per heavy atom. The van der Waals surface area contributed by atoms with Gasteiger partial charge < -0.3 is 21.5 Å². The van der Waals surface area contributed by atoms with Crippen LogP contribution in [0.5, 0.6) is 0 Å². The Hall–Kier alpha value is -1.79. The number of hydrogen-bond acceptors (Lipinski definition) is 3. The van der Waals surface area contributed by atoms with E-state index in [1.54, 1.807) is 0 Å². The first-order valence-corrected chi connectivity index (χ1v) is 6.95. The summed E-state index contributed by atoms with van der Waals surface area (Å²) in [5, 5.41) is 13.8. The normalized spacial score (nSPS) is 23.6. The van der Waals surface area contributed by atoms with Crippen molar-refractivity contribution in [3.63, 3.8) is 0 Å². The summed E-state index contributed by atoms with van der Waals surface area (Å²) in [5.74, 6) is -1.05. The predicted molar refractivity (Wildman–Crippen MR) is 72.9 cm³/mol. The van der Waals surface area contributed by atoms with Crippen molar-refractivity contribution in [3.8, 4) is 0 Å². The van der Waals surface area contributed by atoms with Gasteiger partial charge in [-0.1, -0.05) is 26.2 Å². The maximum absolute atomic E-state index is 11.7. The minimum atomic E-state index is -1.28. The first kappa shape index (κ1) is 16.3. The molecule has 3 atom stereocenters. The van der Waals surface area contributed by atoms with E-state index < -0.39 is 30.4 Å².